The fraction of sp³-hybridized carbons (Fsp3) is 0.400. The summed E-state index contributed by atoms with van der Waals surface area (Å²) in [5.74, 6) is 2.22. The van der Waals surface area contributed by atoms with Crippen molar-refractivity contribution in [3.63, 3.8) is 0 Å². The first-order chi connectivity index (χ1) is 16.5. The van der Waals surface area contributed by atoms with Gasteiger partial charge in [0, 0.05) is 38.5 Å². The molecule has 4 rings (SSSR count). The Morgan fingerprint density at radius 1 is 1.21 bits per heavy atom. The van der Waals surface area contributed by atoms with E-state index in [-0.39, 0.29) is 17.7 Å². The third-order valence-electron chi connectivity index (χ3n) is 6.07. The van der Waals surface area contributed by atoms with Gasteiger partial charge < -0.3 is 19.7 Å². The lowest BCUT2D eigenvalue weighted by molar-refractivity contribution is 0.0718. The fourth-order valence-corrected chi connectivity index (χ4v) is 4.57. The van der Waals surface area contributed by atoms with E-state index >= 15 is 0 Å². The SMILES string of the molecule is CCO[C@@H]1CN(c2ccccn2)C[C@H]1Nc1c(CC)nc(-c2ccc(OC)cc2Cl)c(=O)n1C. The van der Waals surface area contributed by atoms with E-state index in [4.69, 9.17) is 26.1 Å². The summed E-state index contributed by atoms with van der Waals surface area (Å²) in [6.45, 7) is 6.02. The maximum absolute atomic E-state index is 13.4. The molecular formula is C25H30ClN5O3. The second-order valence-electron chi connectivity index (χ2n) is 8.16. The number of methoxy groups -OCH3 is 1. The van der Waals surface area contributed by atoms with E-state index < -0.39 is 0 Å². The van der Waals surface area contributed by atoms with Crippen LogP contribution in [0.4, 0.5) is 11.6 Å². The summed E-state index contributed by atoms with van der Waals surface area (Å²) in [6.07, 6.45) is 2.38. The average Bonchev–Trinajstić information content (AvgIpc) is 3.25. The predicted octanol–water partition coefficient (Wildman–Crippen LogP) is 3.77. The van der Waals surface area contributed by atoms with E-state index in [1.165, 1.54) is 0 Å². The molecule has 0 spiro atoms. The van der Waals surface area contributed by atoms with Crippen LogP contribution in [0.5, 0.6) is 5.75 Å². The van der Waals surface area contributed by atoms with Gasteiger partial charge in [-0.05, 0) is 43.7 Å². The van der Waals surface area contributed by atoms with Crippen LogP contribution in [0.3, 0.4) is 0 Å². The van der Waals surface area contributed by atoms with Crippen LogP contribution in [0.25, 0.3) is 11.3 Å². The van der Waals surface area contributed by atoms with Gasteiger partial charge in [-0.1, -0.05) is 24.6 Å². The Balaban J connectivity index is 1.68. The van der Waals surface area contributed by atoms with Crippen molar-refractivity contribution >= 4 is 23.2 Å². The smallest absolute Gasteiger partial charge is 0.278 e. The van der Waals surface area contributed by atoms with Crippen LogP contribution in [0.1, 0.15) is 19.5 Å². The third kappa shape index (κ3) is 4.74. The lowest BCUT2D eigenvalue weighted by Crippen LogP contribution is -2.37. The highest BCUT2D eigenvalue weighted by molar-refractivity contribution is 6.33. The molecule has 1 saturated heterocycles. The lowest BCUT2D eigenvalue weighted by atomic mass is 10.1. The summed E-state index contributed by atoms with van der Waals surface area (Å²) in [6, 6.07) is 11.1. The molecule has 3 heterocycles. The lowest BCUT2D eigenvalue weighted by Gasteiger charge is -2.24. The van der Waals surface area contributed by atoms with Crippen molar-refractivity contribution in [3.8, 4) is 17.0 Å². The first-order valence-electron chi connectivity index (χ1n) is 11.4. The molecule has 2 atom stereocenters. The monoisotopic (exact) mass is 483 g/mol. The number of nitrogens with one attached hydrogen (secondary N) is 1. The summed E-state index contributed by atoms with van der Waals surface area (Å²) in [5, 5.41) is 3.99. The Hall–Kier alpha value is -3.10. The number of rotatable bonds is 8. The summed E-state index contributed by atoms with van der Waals surface area (Å²) >= 11 is 6.46. The molecule has 1 aromatic carbocycles. The summed E-state index contributed by atoms with van der Waals surface area (Å²) in [7, 11) is 3.33. The Kier molecular flexibility index (Phi) is 7.38. The van der Waals surface area contributed by atoms with Crippen molar-refractivity contribution in [2.45, 2.75) is 32.4 Å². The summed E-state index contributed by atoms with van der Waals surface area (Å²) in [4.78, 5) is 24.8. The fourth-order valence-electron chi connectivity index (χ4n) is 4.31. The molecule has 1 aliphatic rings. The molecule has 0 unspecified atom stereocenters. The number of ether oxygens (including phenoxy) is 2. The highest BCUT2D eigenvalue weighted by Gasteiger charge is 2.35. The number of pyridine rings is 1. The van der Waals surface area contributed by atoms with E-state index in [0.29, 0.717) is 54.0 Å². The van der Waals surface area contributed by atoms with Crippen LogP contribution in [-0.2, 0) is 18.2 Å². The van der Waals surface area contributed by atoms with Crippen LogP contribution in [0.15, 0.2) is 47.4 Å². The highest BCUT2D eigenvalue weighted by atomic mass is 35.5. The quantitative estimate of drug-likeness (QED) is 0.522. The second kappa shape index (κ2) is 10.4. The number of hydrogen-bond acceptors (Lipinski definition) is 7. The number of halogens is 1. The number of aryl methyl sites for hydroxylation is 1. The molecule has 1 aliphatic heterocycles. The Morgan fingerprint density at radius 2 is 2.03 bits per heavy atom. The molecule has 1 fully saturated rings. The van der Waals surface area contributed by atoms with Crippen molar-refractivity contribution in [2.24, 2.45) is 7.05 Å². The van der Waals surface area contributed by atoms with E-state index in [0.717, 1.165) is 11.5 Å². The molecule has 0 radical (unpaired) electrons. The zero-order chi connectivity index (χ0) is 24.2. The molecule has 3 aromatic rings. The zero-order valence-electron chi connectivity index (χ0n) is 19.9. The van der Waals surface area contributed by atoms with Crippen LogP contribution < -0.4 is 20.5 Å². The van der Waals surface area contributed by atoms with Gasteiger partial charge in [-0.25, -0.2) is 9.97 Å². The molecule has 0 amide bonds. The van der Waals surface area contributed by atoms with Crippen molar-refractivity contribution in [1.29, 1.82) is 0 Å². The Bertz CT molecular complexity index is 1200. The van der Waals surface area contributed by atoms with E-state index in [9.17, 15) is 4.79 Å². The van der Waals surface area contributed by atoms with Gasteiger partial charge in [0.05, 0.1) is 30.0 Å². The van der Waals surface area contributed by atoms with Gasteiger partial charge in [-0.2, -0.15) is 0 Å². The van der Waals surface area contributed by atoms with Gasteiger partial charge >= 0.3 is 0 Å². The van der Waals surface area contributed by atoms with E-state index in [2.05, 4.69) is 15.2 Å². The van der Waals surface area contributed by atoms with Gasteiger partial charge in [0.1, 0.15) is 23.1 Å². The number of hydrogen-bond donors (Lipinski definition) is 1. The molecule has 0 aliphatic carbocycles. The van der Waals surface area contributed by atoms with Crippen LogP contribution >= 0.6 is 11.6 Å². The number of anilines is 2. The first-order valence-corrected chi connectivity index (χ1v) is 11.8. The minimum atomic E-state index is -0.223. The molecule has 180 valence electrons. The van der Waals surface area contributed by atoms with Crippen molar-refractivity contribution < 1.29 is 9.47 Å². The normalized spacial score (nSPS) is 17.7. The van der Waals surface area contributed by atoms with Crippen LogP contribution in [0, 0.1) is 0 Å². The van der Waals surface area contributed by atoms with Crippen molar-refractivity contribution in [3.05, 3.63) is 63.7 Å². The van der Waals surface area contributed by atoms with E-state index in [1.54, 1.807) is 43.1 Å². The van der Waals surface area contributed by atoms with Gasteiger partial charge in [0.15, 0.2) is 0 Å². The molecule has 8 nitrogen and oxygen atoms in total. The highest BCUT2D eigenvalue weighted by Crippen LogP contribution is 2.30. The summed E-state index contributed by atoms with van der Waals surface area (Å²) in [5.41, 5.74) is 1.47. The minimum absolute atomic E-state index is 0.0323. The maximum atomic E-state index is 13.4. The van der Waals surface area contributed by atoms with E-state index in [1.807, 2.05) is 32.0 Å². The first kappa shape index (κ1) is 24.0. The Morgan fingerprint density at radius 3 is 2.68 bits per heavy atom. The Labute approximate surface area is 204 Å². The number of nitrogens with zero attached hydrogens (tertiary/aromatic N) is 4. The zero-order valence-corrected chi connectivity index (χ0v) is 20.7. The van der Waals surface area contributed by atoms with Gasteiger partial charge in [-0.3, -0.25) is 9.36 Å². The van der Waals surface area contributed by atoms with Crippen LogP contribution in [0.2, 0.25) is 5.02 Å². The predicted molar refractivity (Wildman–Crippen MR) is 135 cm³/mol. The molecule has 1 N–H and O–H groups in total. The minimum Gasteiger partial charge on any atom is -0.497 e. The summed E-state index contributed by atoms with van der Waals surface area (Å²) < 4.78 is 12.9. The largest absolute Gasteiger partial charge is 0.497 e. The molecule has 0 saturated carbocycles. The van der Waals surface area contributed by atoms with Crippen LogP contribution in [-0.4, -0.2) is 53.5 Å². The van der Waals surface area contributed by atoms with Crippen molar-refractivity contribution in [1.82, 2.24) is 14.5 Å². The second-order valence-corrected chi connectivity index (χ2v) is 8.56. The molecule has 9 heteroatoms. The maximum Gasteiger partial charge on any atom is 0.278 e. The van der Waals surface area contributed by atoms with Gasteiger partial charge in [-0.15, -0.1) is 0 Å². The molecular weight excluding hydrogens is 454 g/mol. The third-order valence-corrected chi connectivity index (χ3v) is 6.38. The molecule has 2 aromatic heterocycles. The number of aromatic nitrogens is 3. The average molecular weight is 484 g/mol. The molecule has 34 heavy (non-hydrogen) atoms. The number of benzene rings is 1. The topological polar surface area (TPSA) is 81.5 Å². The standard InChI is InChI=1S/C25H30ClN5O3/c1-5-19-24(29-20-14-31(15-21(20)34-6-2)22-9-7-8-12-27-22)30(3)25(32)23(28-19)17-11-10-16(33-4)13-18(17)26/h7-13,20-21,29H,5-6,14-15H2,1-4H3/t20-,21-/m1/s1. The van der Waals surface area contributed by atoms with Gasteiger partial charge in [0.2, 0.25) is 0 Å². The van der Waals surface area contributed by atoms with Gasteiger partial charge in [0.25, 0.3) is 5.56 Å². The molecule has 0 bridgehead atoms. The van der Waals surface area contributed by atoms with Crippen molar-refractivity contribution in [2.75, 3.05) is 37.0 Å².